The molecule has 0 atom stereocenters. The number of halogens is 2. The van der Waals surface area contributed by atoms with E-state index in [-0.39, 0.29) is 23.8 Å². The van der Waals surface area contributed by atoms with E-state index >= 15 is 0 Å². The lowest BCUT2D eigenvalue weighted by Crippen LogP contribution is -2.24. The lowest BCUT2D eigenvalue weighted by Gasteiger charge is -2.12. The van der Waals surface area contributed by atoms with Gasteiger partial charge in [0.05, 0.1) is 34.7 Å². The molecule has 0 aliphatic heterocycles. The molecule has 4 rings (SSSR count). The molecule has 1 aromatic carbocycles. The van der Waals surface area contributed by atoms with Crippen molar-refractivity contribution in [2.24, 2.45) is 0 Å². The second-order valence-electron chi connectivity index (χ2n) is 6.79. The number of hydrogen-bond donors (Lipinski definition) is 1. The average molecular weight is 494 g/mol. The van der Waals surface area contributed by atoms with Crippen molar-refractivity contribution in [1.29, 1.82) is 0 Å². The Hall–Kier alpha value is -2.26. The van der Waals surface area contributed by atoms with Crippen LogP contribution in [0.4, 0.5) is 5.69 Å². The first-order chi connectivity index (χ1) is 14.8. The molecule has 0 saturated heterocycles. The van der Waals surface area contributed by atoms with Crippen LogP contribution >= 0.6 is 46.3 Å². The van der Waals surface area contributed by atoms with E-state index in [4.69, 9.17) is 27.6 Å². The number of aromatic nitrogens is 2. The molecular formula is C21H17Cl2N3O3S2. The lowest BCUT2D eigenvalue weighted by molar-refractivity contribution is -0.113. The number of aryl methyl sites for hydroxylation is 2. The molecule has 31 heavy (non-hydrogen) atoms. The SMILES string of the molecule is Cc1sc2nc(SCC(=O)Nc3cc(Cl)ccc3Cl)n(Cc3ccco3)c(=O)c2c1C. The predicted octanol–water partition coefficient (Wildman–Crippen LogP) is 5.75. The number of benzene rings is 1. The van der Waals surface area contributed by atoms with Gasteiger partial charge < -0.3 is 9.73 Å². The Balaban J connectivity index is 1.63. The van der Waals surface area contributed by atoms with Crippen LogP contribution < -0.4 is 10.9 Å². The van der Waals surface area contributed by atoms with Crippen LogP contribution in [0.1, 0.15) is 16.2 Å². The maximum absolute atomic E-state index is 13.3. The van der Waals surface area contributed by atoms with Crippen molar-refractivity contribution in [3.05, 3.63) is 73.2 Å². The Morgan fingerprint density at radius 2 is 2.10 bits per heavy atom. The minimum absolute atomic E-state index is 0.0439. The molecule has 0 aliphatic carbocycles. The molecule has 4 aromatic rings. The van der Waals surface area contributed by atoms with E-state index in [2.05, 4.69) is 10.3 Å². The van der Waals surface area contributed by atoms with Crippen molar-refractivity contribution in [3.8, 4) is 0 Å². The van der Waals surface area contributed by atoms with Crippen LogP contribution in [0.3, 0.4) is 0 Å². The molecule has 0 bridgehead atoms. The Labute approximate surface area is 196 Å². The van der Waals surface area contributed by atoms with Crippen LogP contribution in [-0.2, 0) is 11.3 Å². The Kier molecular flexibility index (Phi) is 6.43. The number of anilines is 1. The minimum Gasteiger partial charge on any atom is -0.467 e. The minimum atomic E-state index is -0.286. The molecule has 0 saturated carbocycles. The number of nitrogens with zero attached hydrogens (tertiary/aromatic N) is 2. The number of carbonyl (C=O) groups is 1. The maximum atomic E-state index is 13.3. The van der Waals surface area contributed by atoms with Gasteiger partial charge in [-0.05, 0) is 49.7 Å². The van der Waals surface area contributed by atoms with E-state index in [1.807, 2.05) is 13.8 Å². The zero-order valence-corrected chi connectivity index (χ0v) is 19.7. The lowest BCUT2D eigenvalue weighted by atomic mass is 10.2. The fraction of sp³-hybridized carbons (Fsp3) is 0.190. The zero-order chi connectivity index (χ0) is 22.1. The van der Waals surface area contributed by atoms with Crippen LogP contribution in [0.5, 0.6) is 0 Å². The summed E-state index contributed by atoms with van der Waals surface area (Å²) < 4.78 is 6.97. The predicted molar refractivity (Wildman–Crippen MR) is 127 cm³/mol. The summed E-state index contributed by atoms with van der Waals surface area (Å²) in [6.45, 7) is 4.11. The van der Waals surface area contributed by atoms with E-state index in [0.717, 1.165) is 10.4 Å². The second kappa shape index (κ2) is 9.08. The molecule has 3 heterocycles. The van der Waals surface area contributed by atoms with E-state index < -0.39 is 0 Å². The van der Waals surface area contributed by atoms with E-state index in [0.29, 0.717) is 36.9 Å². The number of carbonyl (C=O) groups excluding carboxylic acids is 1. The highest BCUT2D eigenvalue weighted by Gasteiger charge is 2.19. The van der Waals surface area contributed by atoms with Crippen molar-refractivity contribution in [2.75, 3.05) is 11.1 Å². The van der Waals surface area contributed by atoms with Crippen LogP contribution in [-0.4, -0.2) is 21.2 Å². The molecule has 0 fully saturated rings. The molecule has 3 aromatic heterocycles. The Morgan fingerprint density at radius 1 is 1.29 bits per heavy atom. The van der Waals surface area contributed by atoms with Crippen molar-refractivity contribution < 1.29 is 9.21 Å². The Bertz CT molecular complexity index is 1330. The van der Waals surface area contributed by atoms with E-state index in [1.165, 1.54) is 23.1 Å². The smallest absolute Gasteiger partial charge is 0.263 e. The van der Waals surface area contributed by atoms with Gasteiger partial charge in [-0.1, -0.05) is 35.0 Å². The van der Waals surface area contributed by atoms with Crippen LogP contribution in [0.15, 0.2) is 51.0 Å². The van der Waals surface area contributed by atoms with Crippen molar-refractivity contribution in [3.63, 3.8) is 0 Å². The first-order valence-corrected chi connectivity index (χ1v) is 11.8. The third kappa shape index (κ3) is 4.67. The number of furan rings is 1. The maximum Gasteiger partial charge on any atom is 0.263 e. The summed E-state index contributed by atoms with van der Waals surface area (Å²) in [5.41, 5.74) is 1.21. The molecular weight excluding hydrogens is 477 g/mol. The van der Waals surface area contributed by atoms with Gasteiger partial charge in [-0.25, -0.2) is 4.98 Å². The third-order valence-electron chi connectivity index (χ3n) is 4.68. The second-order valence-corrected chi connectivity index (χ2v) is 9.78. The first-order valence-electron chi connectivity index (χ1n) is 9.24. The Morgan fingerprint density at radius 3 is 2.84 bits per heavy atom. The topological polar surface area (TPSA) is 77.1 Å². The molecule has 160 valence electrons. The summed E-state index contributed by atoms with van der Waals surface area (Å²) in [4.78, 5) is 32.2. The summed E-state index contributed by atoms with van der Waals surface area (Å²) in [5, 5.41) is 4.65. The highest BCUT2D eigenvalue weighted by atomic mass is 35.5. The van der Waals surface area contributed by atoms with Gasteiger partial charge in [0.25, 0.3) is 5.56 Å². The van der Waals surface area contributed by atoms with Crippen molar-refractivity contribution >= 4 is 68.1 Å². The van der Waals surface area contributed by atoms with Gasteiger partial charge >= 0.3 is 0 Å². The first kappa shape index (κ1) is 22.0. The van der Waals surface area contributed by atoms with Crippen LogP contribution in [0.2, 0.25) is 10.0 Å². The molecule has 0 unspecified atom stereocenters. The quantitative estimate of drug-likeness (QED) is 0.273. The van der Waals surface area contributed by atoms with Crippen molar-refractivity contribution in [1.82, 2.24) is 9.55 Å². The fourth-order valence-electron chi connectivity index (χ4n) is 3.03. The molecule has 10 heteroatoms. The summed E-state index contributed by atoms with van der Waals surface area (Å²) in [6.07, 6.45) is 1.56. The number of fused-ring (bicyclic) bond motifs is 1. The average Bonchev–Trinajstić information content (AvgIpc) is 3.34. The number of nitrogens with one attached hydrogen (secondary N) is 1. The van der Waals surface area contributed by atoms with Gasteiger partial charge in [-0.3, -0.25) is 14.2 Å². The monoisotopic (exact) mass is 493 g/mol. The number of amides is 1. The van der Waals surface area contributed by atoms with Gasteiger partial charge in [0.1, 0.15) is 10.6 Å². The normalized spacial score (nSPS) is 11.2. The van der Waals surface area contributed by atoms with Crippen LogP contribution in [0, 0.1) is 13.8 Å². The summed E-state index contributed by atoms with van der Waals surface area (Å²) in [6, 6.07) is 8.41. The zero-order valence-electron chi connectivity index (χ0n) is 16.6. The largest absolute Gasteiger partial charge is 0.467 e. The summed E-state index contributed by atoms with van der Waals surface area (Å²) in [5.74, 6) is 0.388. The van der Waals surface area contributed by atoms with E-state index in [9.17, 15) is 9.59 Å². The fourth-order valence-corrected chi connectivity index (χ4v) is 5.23. The van der Waals surface area contributed by atoms with Gasteiger partial charge in [-0.15, -0.1) is 11.3 Å². The molecule has 0 radical (unpaired) electrons. The molecule has 0 spiro atoms. The summed E-state index contributed by atoms with van der Waals surface area (Å²) in [7, 11) is 0. The van der Waals surface area contributed by atoms with Gasteiger partial charge in [0.2, 0.25) is 5.91 Å². The van der Waals surface area contributed by atoms with Crippen LogP contribution in [0.25, 0.3) is 10.2 Å². The number of hydrogen-bond acceptors (Lipinski definition) is 6. The molecule has 1 amide bonds. The van der Waals surface area contributed by atoms with Gasteiger partial charge in [-0.2, -0.15) is 0 Å². The highest BCUT2D eigenvalue weighted by molar-refractivity contribution is 7.99. The van der Waals surface area contributed by atoms with Gasteiger partial charge in [0, 0.05) is 9.90 Å². The molecule has 6 nitrogen and oxygen atoms in total. The van der Waals surface area contributed by atoms with E-state index in [1.54, 1.807) is 41.2 Å². The van der Waals surface area contributed by atoms with Gasteiger partial charge in [0.15, 0.2) is 5.16 Å². The number of thiophene rings is 1. The molecule has 0 aliphatic rings. The standard InChI is InChI=1S/C21H17Cl2N3O3S2/c1-11-12(2)31-19-18(11)20(28)26(9-14-4-3-7-29-14)21(25-19)30-10-17(27)24-16-8-13(22)5-6-15(16)23/h3-8H,9-10H2,1-2H3,(H,24,27). The molecule has 1 N–H and O–H groups in total. The summed E-state index contributed by atoms with van der Waals surface area (Å²) >= 11 is 14.7. The third-order valence-corrected chi connectivity index (χ3v) is 7.32. The highest BCUT2D eigenvalue weighted by Crippen LogP contribution is 2.29. The number of thioether (sulfide) groups is 1. The number of rotatable bonds is 6. The van der Waals surface area contributed by atoms with Crippen molar-refractivity contribution in [2.45, 2.75) is 25.5 Å².